The van der Waals surface area contributed by atoms with Crippen LogP contribution in [0.15, 0.2) is 41.2 Å². The number of phenols is 1. The lowest BCUT2D eigenvalue weighted by molar-refractivity contribution is -0.134. The highest BCUT2D eigenvalue weighted by Gasteiger charge is 2.26. The molecule has 1 amide bonds. The number of aromatic hydroxyl groups is 1. The fourth-order valence-electron chi connectivity index (χ4n) is 5.17. The van der Waals surface area contributed by atoms with E-state index in [0.717, 1.165) is 65.3 Å². The number of H-pyrrole nitrogens is 1. The number of nitrogens with zero attached hydrogens (tertiary/aromatic N) is 1. The molecule has 4 rings (SSSR count). The summed E-state index contributed by atoms with van der Waals surface area (Å²) in [7, 11) is 0. The Morgan fingerprint density at radius 3 is 2.65 bits per heavy atom. The van der Waals surface area contributed by atoms with Crippen molar-refractivity contribution in [1.82, 2.24) is 15.2 Å². The van der Waals surface area contributed by atoms with Crippen molar-refractivity contribution in [3.05, 3.63) is 62.2 Å². The van der Waals surface area contributed by atoms with Gasteiger partial charge in [0.2, 0.25) is 5.91 Å². The van der Waals surface area contributed by atoms with Crippen molar-refractivity contribution in [2.75, 3.05) is 19.6 Å². The van der Waals surface area contributed by atoms with Gasteiger partial charge in [-0.1, -0.05) is 60.4 Å². The predicted molar refractivity (Wildman–Crippen MR) is 152 cm³/mol. The second-order valence-electron chi connectivity index (χ2n) is 9.97. The lowest BCUT2D eigenvalue weighted by Gasteiger charge is -2.35. The maximum Gasteiger partial charge on any atom is 0.305 e. The zero-order valence-corrected chi connectivity index (χ0v) is 22.8. The van der Waals surface area contributed by atoms with Gasteiger partial charge >= 0.3 is 4.87 Å². The van der Waals surface area contributed by atoms with E-state index in [-0.39, 0.29) is 22.6 Å². The minimum absolute atomic E-state index is 0.0954. The number of thiazole rings is 1. The maximum atomic E-state index is 13.3. The van der Waals surface area contributed by atoms with E-state index in [9.17, 15) is 14.7 Å². The fraction of sp³-hybridized carbons (Fsp3) is 0.500. The molecular formula is C28H37ClN4O3S. The van der Waals surface area contributed by atoms with Crippen LogP contribution in [0.1, 0.15) is 56.1 Å². The summed E-state index contributed by atoms with van der Waals surface area (Å²) >= 11 is 7.10. The standard InChI is InChI=1S/C28H37ClN4O3S/c29-21-10-6-19(7-11-21)8-12-22(30)18-25(35)33(23-4-2-1-3-5-23)17-16-31-15-14-20-9-13-24(34)26-27(20)37-28(36)32-26/h6-7,9-11,13,22-23,31,34H,1-5,8,12,14-18,30H2,(H,32,36). The summed E-state index contributed by atoms with van der Waals surface area (Å²) in [6, 6.07) is 11.4. The van der Waals surface area contributed by atoms with Crippen LogP contribution >= 0.6 is 22.9 Å². The van der Waals surface area contributed by atoms with Crippen LogP contribution in [0.5, 0.6) is 5.75 Å². The lowest BCUT2D eigenvalue weighted by atomic mass is 9.93. The van der Waals surface area contributed by atoms with Gasteiger partial charge in [-0.05, 0) is 68.0 Å². The van der Waals surface area contributed by atoms with Crippen LogP contribution in [0.3, 0.4) is 0 Å². The van der Waals surface area contributed by atoms with Crippen molar-refractivity contribution < 1.29 is 9.90 Å². The molecule has 200 valence electrons. The van der Waals surface area contributed by atoms with E-state index in [1.54, 1.807) is 6.07 Å². The molecule has 0 aliphatic heterocycles. The van der Waals surface area contributed by atoms with E-state index in [4.69, 9.17) is 17.3 Å². The number of phenolic OH excluding ortho intramolecular Hbond substituents is 1. The Labute approximate surface area is 227 Å². The van der Waals surface area contributed by atoms with Crippen LogP contribution < -0.4 is 15.9 Å². The second kappa shape index (κ2) is 13.4. The molecule has 1 unspecified atom stereocenters. The minimum atomic E-state index is -0.173. The van der Waals surface area contributed by atoms with Gasteiger partial charge in [-0.3, -0.25) is 9.59 Å². The number of rotatable bonds is 12. The molecule has 1 saturated carbocycles. The highest BCUT2D eigenvalue weighted by atomic mass is 35.5. The van der Waals surface area contributed by atoms with E-state index in [0.29, 0.717) is 31.1 Å². The maximum absolute atomic E-state index is 13.3. The normalized spacial score (nSPS) is 15.2. The third-order valence-corrected chi connectivity index (χ3v) is 8.44. The number of nitrogens with one attached hydrogen (secondary N) is 2. The first-order chi connectivity index (χ1) is 17.9. The number of hydrogen-bond donors (Lipinski definition) is 4. The largest absolute Gasteiger partial charge is 0.506 e. The molecule has 1 atom stereocenters. The first-order valence-corrected chi connectivity index (χ1v) is 14.4. The number of hydrogen-bond acceptors (Lipinski definition) is 6. The van der Waals surface area contributed by atoms with Crippen LogP contribution in [0, 0.1) is 0 Å². The lowest BCUT2D eigenvalue weighted by Crippen LogP contribution is -2.46. The highest BCUT2D eigenvalue weighted by molar-refractivity contribution is 7.16. The second-order valence-corrected chi connectivity index (χ2v) is 11.4. The summed E-state index contributed by atoms with van der Waals surface area (Å²) in [5.74, 6) is 0.243. The molecule has 2 aromatic carbocycles. The molecule has 5 N–H and O–H groups in total. The molecule has 3 aromatic rings. The average Bonchev–Trinajstić information content (AvgIpc) is 3.30. The third-order valence-electron chi connectivity index (χ3n) is 7.23. The van der Waals surface area contributed by atoms with Crippen molar-refractivity contribution in [3.63, 3.8) is 0 Å². The minimum Gasteiger partial charge on any atom is -0.506 e. The molecule has 37 heavy (non-hydrogen) atoms. The van der Waals surface area contributed by atoms with Crippen LogP contribution in [0.4, 0.5) is 0 Å². The van der Waals surface area contributed by atoms with E-state index in [1.165, 1.54) is 24.8 Å². The number of nitrogens with two attached hydrogens (primary N) is 1. The van der Waals surface area contributed by atoms with Crippen LogP contribution in [-0.4, -0.2) is 52.6 Å². The quantitative estimate of drug-likeness (QED) is 0.249. The average molecular weight is 545 g/mol. The summed E-state index contributed by atoms with van der Waals surface area (Å²) in [5, 5.41) is 14.2. The first kappa shape index (κ1) is 27.6. The molecule has 1 fully saturated rings. The van der Waals surface area contributed by atoms with Crippen molar-refractivity contribution >= 4 is 39.1 Å². The Morgan fingerprint density at radius 1 is 1.14 bits per heavy atom. The molecule has 9 heteroatoms. The molecular weight excluding hydrogens is 508 g/mol. The number of carbonyl (C=O) groups excluding carboxylic acids is 1. The summed E-state index contributed by atoms with van der Waals surface area (Å²) in [6.45, 7) is 2.09. The number of halogens is 1. The van der Waals surface area contributed by atoms with Gasteiger partial charge in [-0.2, -0.15) is 0 Å². The van der Waals surface area contributed by atoms with E-state index >= 15 is 0 Å². The number of aryl methyl sites for hydroxylation is 1. The molecule has 7 nitrogen and oxygen atoms in total. The molecule has 0 saturated heterocycles. The number of aromatic amines is 1. The van der Waals surface area contributed by atoms with Crippen molar-refractivity contribution in [1.29, 1.82) is 0 Å². The zero-order chi connectivity index (χ0) is 26.2. The van der Waals surface area contributed by atoms with Gasteiger partial charge in [0, 0.05) is 36.6 Å². The molecule has 1 aliphatic carbocycles. The highest BCUT2D eigenvalue weighted by Crippen LogP contribution is 2.28. The Balaban J connectivity index is 1.27. The van der Waals surface area contributed by atoms with Gasteiger partial charge in [0.05, 0.1) is 4.70 Å². The molecule has 1 aromatic heterocycles. The van der Waals surface area contributed by atoms with E-state index < -0.39 is 0 Å². The van der Waals surface area contributed by atoms with E-state index in [2.05, 4.69) is 15.2 Å². The number of aromatic nitrogens is 1. The molecule has 1 aliphatic rings. The fourth-order valence-corrected chi connectivity index (χ4v) is 6.19. The first-order valence-electron chi connectivity index (χ1n) is 13.2. The summed E-state index contributed by atoms with van der Waals surface area (Å²) in [4.78, 5) is 29.7. The van der Waals surface area contributed by atoms with Gasteiger partial charge in [0.15, 0.2) is 0 Å². The monoisotopic (exact) mass is 544 g/mol. The van der Waals surface area contributed by atoms with Crippen LogP contribution in [0.25, 0.3) is 10.2 Å². The zero-order valence-electron chi connectivity index (χ0n) is 21.2. The third kappa shape index (κ3) is 7.80. The number of fused-ring (bicyclic) bond motifs is 1. The summed E-state index contributed by atoms with van der Waals surface area (Å²) < 4.78 is 0.804. The van der Waals surface area contributed by atoms with E-state index in [1.807, 2.05) is 30.3 Å². The molecule has 0 bridgehead atoms. The SMILES string of the molecule is NC(CCc1ccc(Cl)cc1)CC(=O)N(CCNCCc1ccc(O)c2[nH]c(=O)sc12)C1CCCCC1. The van der Waals surface area contributed by atoms with Crippen LogP contribution in [-0.2, 0) is 17.6 Å². The van der Waals surface area contributed by atoms with Gasteiger partial charge in [-0.25, -0.2) is 0 Å². The topological polar surface area (TPSA) is 111 Å². The molecule has 1 heterocycles. The number of carbonyl (C=O) groups is 1. The van der Waals surface area contributed by atoms with Crippen LogP contribution in [0.2, 0.25) is 5.02 Å². The smallest absolute Gasteiger partial charge is 0.305 e. The molecule has 0 spiro atoms. The van der Waals surface area contributed by atoms with Gasteiger partial charge in [0.1, 0.15) is 11.3 Å². The van der Waals surface area contributed by atoms with Crippen molar-refractivity contribution in [3.8, 4) is 5.75 Å². The Kier molecular flexibility index (Phi) is 10.0. The Bertz CT molecular complexity index is 1220. The predicted octanol–water partition coefficient (Wildman–Crippen LogP) is 4.59. The van der Waals surface area contributed by atoms with Gasteiger partial charge in [-0.15, -0.1) is 0 Å². The van der Waals surface area contributed by atoms with Crippen molar-refractivity contribution in [2.45, 2.75) is 69.9 Å². The Morgan fingerprint density at radius 2 is 1.89 bits per heavy atom. The summed E-state index contributed by atoms with van der Waals surface area (Å²) in [5.41, 5.74) is 9.10. The Hall–Kier alpha value is -2.39. The number of amides is 1. The number of benzene rings is 2. The van der Waals surface area contributed by atoms with Crippen molar-refractivity contribution in [2.24, 2.45) is 5.73 Å². The molecule has 0 radical (unpaired) electrons. The summed E-state index contributed by atoms with van der Waals surface area (Å²) in [6.07, 6.45) is 8.38. The van der Waals surface area contributed by atoms with Gasteiger partial charge < -0.3 is 26.0 Å². The van der Waals surface area contributed by atoms with Gasteiger partial charge in [0.25, 0.3) is 0 Å².